The number of hydrogen-bond donors (Lipinski definition) is 0. The van der Waals surface area contributed by atoms with Crippen molar-refractivity contribution < 1.29 is 22.7 Å². The maximum absolute atomic E-state index is 12.9. The average molecular weight is 369 g/mol. The lowest BCUT2D eigenvalue weighted by Gasteiger charge is -2.20. The Morgan fingerprint density at radius 1 is 1.16 bits per heavy atom. The van der Waals surface area contributed by atoms with Gasteiger partial charge in [-0.15, -0.1) is 11.8 Å². The first-order valence-electron chi connectivity index (χ1n) is 7.54. The first-order chi connectivity index (χ1) is 11.8. The van der Waals surface area contributed by atoms with Crippen molar-refractivity contribution in [2.24, 2.45) is 0 Å². The van der Waals surface area contributed by atoms with Crippen molar-refractivity contribution in [3.8, 4) is 5.75 Å². The predicted molar refractivity (Wildman–Crippen MR) is 93.6 cm³/mol. The molecule has 0 saturated heterocycles. The molecule has 0 saturated carbocycles. The number of halogens is 3. The maximum Gasteiger partial charge on any atom is 0.416 e. The molecule has 0 heterocycles. The molecule has 2 aromatic carbocycles. The molecule has 0 fully saturated rings. The Kier molecular flexibility index (Phi) is 6.00. The normalized spacial score (nSPS) is 11.3. The number of thioether (sulfide) groups is 1. The molecule has 0 aliphatic heterocycles. The molecule has 0 unspecified atom stereocenters. The van der Waals surface area contributed by atoms with Gasteiger partial charge in [-0.2, -0.15) is 13.2 Å². The van der Waals surface area contributed by atoms with E-state index in [1.165, 1.54) is 22.7 Å². The highest BCUT2D eigenvalue weighted by Gasteiger charge is 2.32. The van der Waals surface area contributed by atoms with E-state index in [-0.39, 0.29) is 11.5 Å². The monoisotopic (exact) mass is 369 g/mol. The van der Waals surface area contributed by atoms with Gasteiger partial charge in [0.25, 0.3) is 5.91 Å². The van der Waals surface area contributed by atoms with Gasteiger partial charge in [-0.25, -0.2) is 0 Å². The van der Waals surface area contributed by atoms with E-state index in [1.54, 1.807) is 38.4 Å². The van der Waals surface area contributed by atoms with Gasteiger partial charge >= 0.3 is 6.18 Å². The number of carbonyl (C=O) groups excluding carboxylic acids is 1. The number of methoxy groups -OCH3 is 1. The summed E-state index contributed by atoms with van der Waals surface area (Å²) in [5.74, 6) is 0.851. The predicted octanol–water partition coefficient (Wildman–Crippen LogP) is 5.10. The number of rotatable bonds is 5. The molecular weight excluding hydrogens is 351 g/mol. The molecule has 0 N–H and O–H groups in total. The summed E-state index contributed by atoms with van der Waals surface area (Å²) in [5, 5.41) is 0. The van der Waals surface area contributed by atoms with Crippen molar-refractivity contribution in [1.82, 2.24) is 0 Å². The molecule has 3 nitrogen and oxygen atoms in total. The molecule has 134 valence electrons. The van der Waals surface area contributed by atoms with Crippen LogP contribution >= 0.6 is 11.8 Å². The van der Waals surface area contributed by atoms with Crippen molar-refractivity contribution in [3.63, 3.8) is 0 Å². The van der Waals surface area contributed by atoms with Gasteiger partial charge in [-0.3, -0.25) is 4.79 Å². The van der Waals surface area contributed by atoms with Crippen LogP contribution in [0.25, 0.3) is 0 Å². The fourth-order valence-electron chi connectivity index (χ4n) is 2.25. The van der Waals surface area contributed by atoms with Crippen LogP contribution in [0, 0.1) is 0 Å². The third-order valence-electron chi connectivity index (χ3n) is 3.60. The third kappa shape index (κ3) is 4.48. The minimum absolute atomic E-state index is 0.248. The quantitative estimate of drug-likeness (QED) is 0.687. The van der Waals surface area contributed by atoms with Crippen LogP contribution in [-0.2, 0) is 6.18 Å². The number of amides is 1. The van der Waals surface area contributed by atoms with Crippen LogP contribution < -0.4 is 9.64 Å². The van der Waals surface area contributed by atoms with Gasteiger partial charge in [0.1, 0.15) is 5.75 Å². The summed E-state index contributed by atoms with van der Waals surface area (Å²) in [6.07, 6.45) is -4.44. The van der Waals surface area contributed by atoms with Crippen molar-refractivity contribution in [2.75, 3.05) is 24.8 Å². The van der Waals surface area contributed by atoms with E-state index in [1.807, 2.05) is 6.92 Å². The molecule has 0 atom stereocenters. The van der Waals surface area contributed by atoms with Gasteiger partial charge in [0.05, 0.1) is 18.2 Å². The number of ether oxygens (including phenoxy) is 1. The van der Waals surface area contributed by atoms with E-state index < -0.39 is 11.7 Å². The Morgan fingerprint density at radius 3 is 2.32 bits per heavy atom. The average Bonchev–Trinajstić information content (AvgIpc) is 2.60. The smallest absolute Gasteiger partial charge is 0.416 e. The molecule has 2 rings (SSSR count). The fourth-order valence-corrected chi connectivity index (χ4v) is 3.09. The van der Waals surface area contributed by atoms with Crippen molar-refractivity contribution in [1.29, 1.82) is 0 Å². The summed E-state index contributed by atoms with van der Waals surface area (Å²) >= 11 is 1.21. The number of carbonyl (C=O) groups is 1. The minimum atomic E-state index is -4.44. The van der Waals surface area contributed by atoms with Gasteiger partial charge in [0.2, 0.25) is 0 Å². The van der Waals surface area contributed by atoms with Crippen LogP contribution in [0.1, 0.15) is 22.8 Å². The van der Waals surface area contributed by atoms with E-state index in [9.17, 15) is 18.0 Å². The van der Waals surface area contributed by atoms with Crippen molar-refractivity contribution in [2.45, 2.75) is 18.0 Å². The van der Waals surface area contributed by atoms with E-state index in [4.69, 9.17) is 4.74 Å². The Labute approximate surface area is 148 Å². The summed E-state index contributed by atoms with van der Waals surface area (Å²) < 4.78 is 43.8. The zero-order chi connectivity index (χ0) is 18.6. The maximum atomic E-state index is 12.9. The molecule has 25 heavy (non-hydrogen) atoms. The molecule has 0 aliphatic rings. The molecule has 0 aliphatic carbocycles. The Bertz CT molecular complexity index is 745. The highest BCUT2D eigenvalue weighted by Crippen LogP contribution is 2.34. The standard InChI is InChI=1S/C18H18F3NO2S/c1-4-25-16-11-12(18(19,20)21)5-10-15(16)17(23)22(2)13-6-8-14(24-3)9-7-13/h5-11H,4H2,1-3H3. The van der Waals surface area contributed by atoms with Crippen molar-refractivity contribution in [3.05, 3.63) is 53.6 Å². The first kappa shape index (κ1) is 19.2. The van der Waals surface area contributed by atoms with Crippen molar-refractivity contribution >= 4 is 23.4 Å². The molecular formula is C18H18F3NO2S. The summed E-state index contributed by atoms with van der Waals surface area (Å²) in [4.78, 5) is 14.5. The second-order valence-corrected chi connectivity index (χ2v) is 6.51. The second-order valence-electron chi connectivity index (χ2n) is 5.20. The number of anilines is 1. The molecule has 0 aromatic heterocycles. The lowest BCUT2D eigenvalue weighted by Crippen LogP contribution is -2.27. The Morgan fingerprint density at radius 2 is 1.80 bits per heavy atom. The SMILES string of the molecule is CCSc1cc(C(F)(F)F)ccc1C(=O)N(C)c1ccc(OC)cc1. The van der Waals surface area contributed by atoms with Gasteiger partial charge < -0.3 is 9.64 Å². The van der Waals surface area contributed by atoms with Gasteiger partial charge in [-0.05, 0) is 48.2 Å². The Balaban J connectivity index is 2.36. The van der Waals surface area contributed by atoms with Crippen LogP contribution in [0.4, 0.5) is 18.9 Å². The zero-order valence-electron chi connectivity index (χ0n) is 14.1. The third-order valence-corrected chi connectivity index (χ3v) is 4.54. The summed E-state index contributed by atoms with van der Waals surface area (Å²) in [5.41, 5.74) is 0.114. The number of hydrogen-bond acceptors (Lipinski definition) is 3. The highest BCUT2D eigenvalue weighted by molar-refractivity contribution is 7.99. The molecule has 1 amide bonds. The summed E-state index contributed by atoms with van der Waals surface area (Å²) in [6, 6.07) is 10.1. The van der Waals surface area contributed by atoms with Crippen LogP contribution in [0.3, 0.4) is 0 Å². The lowest BCUT2D eigenvalue weighted by atomic mass is 10.1. The fraction of sp³-hybridized carbons (Fsp3) is 0.278. The minimum Gasteiger partial charge on any atom is -0.497 e. The van der Waals surface area contributed by atoms with Gasteiger partial charge in [-0.1, -0.05) is 6.92 Å². The summed E-state index contributed by atoms with van der Waals surface area (Å²) in [6.45, 7) is 1.83. The van der Waals surface area contributed by atoms with Crippen LogP contribution in [0.15, 0.2) is 47.4 Å². The number of benzene rings is 2. The highest BCUT2D eigenvalue weighted by atomic mass is 32.2. The molecule has 0 radical (unpaired) electrons. The summed E-state index contributed by atoms with van der Waals surface area (Å²) in [7, 11) is 3.13. The second kappa shape index (κ2) is 7.82. The van der Waals surface area contributed by atoms with E-state index >= 15 is 0 Å². The van der Waals surface area contributed by atoms with Crippen LogP contribution in [0.5, 0.6) is 5.75 Å². The van der Waals surface area contributed by atoms with Gasteiger partial charge in [0.15, 0.2) is 0 Å². The Hall–Kier alpha value is -2.15. The van der Waals surface area contributed by atoms with E-state index in [0.717, 1.165) is 12.1 Å². The van der Waals surface area contributed by atoms with E-state index in [2.05, 4.69) is 0 Å². The van der Waals surface area contributed by atoms with E-state index in [0.29, 0.717) is 22.1 Å². The molecule has 0 spiro atoms. The number of nitrogens with zero attached hydrogens (tertiary/aromatic N) is 1. The molecule has 2 aromatic rings. The topological polar surface area (TPSA) is 29.5 Å². The molecule has 7 heteroatoms. The number of alkyl halides is 3. The van der Waals surface area contributed by atoms with Crippen LogP contribution in [0.2, 0.25) is 0 Å². The zero-order valence-corrected chi connectivity index (χ0v) is 14.9. The first-order valence-corrected chi connectivity index (χ1v) is 8.52. The lowest BCUT2D eigenvalue weighted by molar-refractivity contribution is -0.137. The largest absolute Gasteiger partial charge is 0.497 e. The van der Waals surface area contributed by atoms with Crippen LogP contribution in [-0.4, -0.2) is 25.8 Å². The molecule has 0 bridgehead atoms. The van der Waals surface area contributed by atoms with Gasteiger partial charge in [0, 0.05) is 17.6 Å².